The van der Waals surface area contributed by atoms with E-state index in [1.165, 1.54) is 32.1 Å². The van der Waals surface area contributed by atoms with Crippen LogP contribution in [0.15, 0.2) is 36.4 Å². The molecule has 6 nitrogen and oxygen atoms in total. The fraction of sp³-hybridized carbons (Fsp3) is 0.435. The molecule has 0 atom stereocenters. The molecule has 0 saturated heterocycles. The Morgan fingerprint density at radius 1 is 1.14 bits per heavy atom. The summed E-state index contributed by atoms with van der Waals surface area (Å²) in [5.74, 6) is 0.814. The lowest BCUT2D eigenvalue weighted by atomic mass is 9.89. The number of hydrazine groups is 1. The summed E-state index contributed by atoms with van der Waals surface area (Å²) in [4.78, 5) is 13.2. The minimum Gasteiger partial charge on any atom is -0.268 e. The quantitative estimate of drug-likeness (QED) is 0.674. The van der Waals surface area contributed by atoms with E-state index < -0.39 is 0 Å². The van der Waals surface area contributed by atoms with E-state index in [2.05, 4.69) is 28.4 Å². The van der Waals surface area contributed by atoms with Crippen molar-refractivity contribution in [3.8, 4) is 5.69 Å². The van der Waals surface area contributed by atoms with E-state index >= 15 is 0 Å². The number of amides is 1. The number of rotatable bonds is 4. The standard InChI is InChI=1S/C23H27N5O/c1-16-12-19(28-21-11-7-6-10-20(21)24-25-28)13-18-15-27(23(29)22(16)18)26(2)14-17-8-4-3-5-9-17/h6-7,10-13,17H,3-5,8-9,14-15H2,1-2H3. The summed E-state index contributed by atoms with van der Waals surface area (Å²) in [6, 6.07) is 12.1. The van der Waals surface area contributed by atoms with Crippen molar-refractivity contribution in [3.05, 3.63) is 53.1 Å². The maximum atomic E-state index is 13.2. The molecule has 2 aromatic carbocycles. The van der Waals surface area contributed by atoms with Crippen LogP contribution in [0.4, 0.5) is 0 Å². The van der Waals surface area contributed by atoms with Crippen molar-refractivity contribution >= 4 is 16.9 Å². The number of para-hydroxylation sites is 1. The summed E-state index contributed by atoms with van der Waals surface area (Å²) in [6.45, 7) is 3.60. The first-order valence-corrected chi connectivity index (χ1v) is 10.6. The topological polar surface area (TPSA) is 54.3 Å². The average Bonchev–Trinajstić information content (AvgIpc) is 3.30. The van der Waals surface area contributed by atoms with Gasteiger partial charge < -0.3 is 0 Å². The Balaban J connectivity index is 1.43. The van der Waals surface area contributed by atoms with Crippen molar-refractivity contribution < 1.29 is 4.79 Å². The number of fused-ring (bicyclic) bond motifs is 2. The minimum absolute atomic E-state index is 0.116. The van der Waals surface area contributed by atoms with Gasteiger partial charge in [0.25, 0.3) is 5.91 Å². The van der Waals surface area contributed by atoms with Gasteiger partial charge in [0.15, 0.2) is 0 Å². The lowest BCUT2D eigenvalue weighted by Crippen LogP contribution is -2.42. The molecule has 2 heterocycles. The van der Waals surface area contributed by atoms with Crippen LogP contribution in [0, 0.1) is 12.8 Å². The smallest absolute Gasteiger partial charge is 0.268 e. The Hall–Kier alpha value is -2.73. The first kappa shape index (κ1) is 18.3. The molecule has 0 N–H and O–H groups in total. The molecular weight excluding hydrogens is 362 g/mol. The van der Waals surface area contributed by atoms with E-state index in [-0.39, 0.29) is 5.91 Å². The Kier molecular flexibility index (Phi) is 4.59. The fourth-order valence-electron chi connectivity index (χ4n) is 4.93. The molecule has 0 unspecified atom stereocenters. The molecule has 1 saturated carbocycles. The minimum atomic E-state index is 0.116. The largest absolute Gasteiger partial charge is 0.269 e. The van der Waals surface area contributed by atoms with Crippen LogP contribution in [0.25, 0.3) is 16.7 Å². The van der Waals surface area contributed by atoms with Crippen LogP contribution in [0.5, 0.6) is 0 Å². The number of hydrogen-bond acceptors (Lipinski definition) is 4. The Labute approximate surface area is 171 Å². The molecule has 1 aromatic heterocycles. The van der Waals surface area contributed by atoms with E-state index in [1.54, 1.807) is 0 Å². The van der Waals surface area contributed by atoms with Gasteiger partial charge in [0.05, 0.1) is 17.7 Å². The SMILES string of the molecule is Cc1cc(-n2nnc3ccccc32)cc2c1C(=O)N(N(C)CC1CCCCC1)C2. The Morgan fingerprint density at radius 3 is 2.76 bits per heavy atom. The highest BCUT2D eigenvalue weighted by Gasteiger charge is 2.33. The van der Waals surface area contributed by atoms with Gasteiger partial charge in [-0.3, -0.25) is 9.80 Å². The van der Waals surface area contributed by atoms with Crippen LogP contribution >= 0.6 is 0 Å². The summed E-state index contributed by atoms with van der Waals surface area (Å²) in [7, 11) is 2.06. The molecule has 3 aromatic rings. The van der Waals surface area contributed by atoms with Crippen LogP contribution in [0.3, 0.4) is 0 Å². The summed E-state index contributed by atoms with van der Waals surface area (Å²) in [5, 5.41) is 12.7. The molecule has 0 spiro atoms. The normalized spacial score (nSPS) is 17.5. The second-order valence-electron chi connectivity index (χ2n) is 8.49. The number of carbonyl (C=O) groups excluding carboxylic acids is 1. The number of carbonyl (C=O) groups is 1. The highest BCUT2D eigenvalue weighted by molar-refractivity contribution is 5.99. The molecule has 1 aliphatic carbocycles. The van der Waals surface area contributed by atoms with Gasteiger partial charge in [0, 0.05) is 19.2 Å². The van der Waals surface area contributed by atoms with Gasteiger partial charge in [-0.1, -0.05) is 36.6 Å². The van der Waals surface area contributed by atoms with Crippen molar-refractivity contribution in [2.45, 2.75) is 45.6 Å². The van der Waals surface area contributed by atoms with E-state index in [4.69, 9.17) is 0 Å². The van der Waals surface area contributed by atoms with Crippen molar-refractivity contribution in [3.63, 3.8) is 0 Å². The lowest BCUT2D eigenvalue weighted by molar-refractivity contribution is -0.00385. The molecule has 1 fully saturated rings. The fourth-order valence-corrected chi connectivity index (χ4v) is 4.93. The first-order chi connectivity index (χ1) is 14.1. The van der Waals surface area contributed by atoms with E-state index in [9.17, 15) is 4.79 Å². The number of benzene rings is 2. The molecule has 2 aliphatic rings. The third kappa shape index (κ3) is 3.21. The van der Waals surface area contributed by atoms with Gasteiger partial charge in [-0.25, -0.2) is 9.69 Å². The molecule has 29 heavy (non-hydrogen) atoms. The van der Waals surface area contributed by atoms with Crippen LogP contribution in [-0.2, 0) is 6.54 Å². The second-order valence-corrected chi connectivity index (χ2v) is 8.49. The van der Waals surface area contributed by atoms with Gasteiger partial charge in [-0.15, -0.1) is 5.10 Å². The summed E-state index contributed by atoms with van der Waals surface area (Å²) in [6.07, 6.45) is 6.55. The number of nitrogens with zero attached hydrogens (tertiary/aromatic N) is 5. The summed E-state index contributed by atoms with van der Waals surface area (Å²) >= 11 is 0. The van der Waals surface area contributed by atoms with Crippen LogP contribution < -0.4 is 0 Å². The molecule has 6 heteroatoms. The predicted molar refractivity (Wildman–Crippen MR) is 113 cm³/mol. The highest BCUT2D eigenvalue weighted by atomic mass is 16.2. The lowest BCUT2D eigenvalue weighted by Gasteiger charge is -2.32. The maximum Gasteiger partial charge on any atom is 0.269 e. The molecule has 1 aliphatic heterocycles. The molecule has 150 valence electrons. The van der Waals surface area contributed by atoms with Gasteiger partial charge in [-0.2, -0.15) is 0 Å². The van der Waals surface area contributed by atoms with E-state index in [0.29, 0.717) is 12.5 Å². The molecule has 0 radical (unpaired) electrons. The van der Waals surface area contributed by atoms with E-state index in [0.717, 1.165) is 40.0 Å². The van der Waals surface area contributed by atoms with Gasteiger partial charge in [0.2, 0.25) is 0 Å². The zero-order valence-electron chi connectivity index (χ0n) is 17.1. The first-order valence-electron chi connectivity index (χ1n) is 10.6. The zero-order valence-corrected chi connectivity index (χ0v) is 17.1. The predicted octanol–water partition coefficient (Wildman–Crippen LogP) is 4.11. The van der Waals surface area contributed by atoms with Gasteiger partial charge >= 0.3 is 0 Å². The molecule has 5 rings (SSSR count). The zero-order chi connectivity index (χ0) is 20.0. The average molecular weight is 390 g/mol. The third-order valence-electron chi connectivity index (χ3n) is 6.43. The van der Waals surface area contributed by atoms with E-state index in [1.807, 2.05) is 46.9 Å². The molecular formula is C23H27N5O. The third-order valence-corrected chi connectivity index (χ3v) is 6.43. The summed E-state index contributed by atoms with van der Waals surface area (Å²) in [5.41, 5.74) is 5.71. The highest BCUT2D eigenvalue weighted by Crippen LogP contribution is 2.31. The number of aryl methyl sites for hydroxylation is 1. The Bertz CT molecular complexity index is 1070. The van der Waals surface area contributed by atoms with Crippen molar-refractivity contribution in [1.29, 1.82) is 0 Å². The second kappa shape index (κ2) is 7.26. The molecule has 1 amide bonds. The molecule has 0 bridgehead atoms. The monoisotopic (exact) mass is 389 g/mol. The maximum absolute atomic E-state index is 13.2. The van der Waals surface area contributed by atoms with Crippen molar-refractivity contribution in [2.75, 3.05) is 13.6 Å². The number of hydrogen-bond donors (Lipinski definition) is 0. The van der Waals surface area contributed by atoms with Crippen molar-refractivity contribution in [2.24, 2.45) is 5.92 Å². The van der Waals surface area contributed by atoms with Crippen LogP contribution in [0.2, 0.25) is 0 Å². The summed E-state index contributed by atoms with van der Waals surface area (Å²) < 4.78 is 1.86. The van der Waals surface area contributed by atoms with Crippen molar-refractivity contribution in [1.82, 2.24) is 25.0 Å². The van der Waals surface area contributed by atoms with Gasteiger partial charge in [-0.05, 0) is 61.1 Å². The number of aromatic nitrogens is 3. The van der Waals surface area contributed by atoms with Crippen LogP contribution in [-0.4, -0.2) is 44.5 Å². The van der Waals surface area contributed by atoms with Crippen LogP contribution in [0.1, 0.15) is 53.6 Å². The Morgan fingerprint density at radius 2 is 1.93 bits per heavy atom. The van der Waals surface area contributed by atoms with Gasteiger partial charge in [0.1, 0.15) is 5.52 Å².